The zero-order chi connectivity index (χ0) is 30.2. The highest BCUT2D eigenvalue weighted by Gasteiger charge is 2.40. The number of halogens is 1. The molecule has 0 saturated carbocycles. The Labute approximate surface area is 245 Å². The van der Waals surface area contributed by atoms with Crippen LogP contribution < -0.4 is 20.7 Å². The number of para-hydroxylation sites is 1. The third-order valence-electron chi connectivity index (χ3n) is 7.49. The predicted molar refractivity (Wildman–Crippen MR) is 156 cm³/mol. The van der Waals surface area contributed by atoms with Gasteiger partial charge in [0.2, 0.25) is 11.8 Å². The van der Waals surface area contributed by atoms with E-state index < -0.39 is 30.1 Å². The molecule has 13 heteroatoms. The van der Waals surface area contributed by atoms with Crippen LogP contribution in [0.4, 0.5) is 27.1 Å². The Morgan fingerprint density at radius 2 is 1.93 bits per heavy atom. The summed E-state index contributed by atoms with van der Waals surface area (Å²) in [6.07, 6.45) is 3.99. The second-order valence-electron chi connectivity index (χ2n) is 10.5. The van der Waals surface area contributed by atoms with Crippen LogP contribution in [0.2, 0.25) is 0 Å². The standard InChI is InChI=1S/C30H28FN7O5/c1-16(39)22-13-37(24-7-6-19(9-21(22)24)34-20-10-32-15-33-11-20)14-27(40)38-12-18(31)8-25(38)30(42)35-23-4-3-5-26-28(23)36-29(41)17(2)43-26/h3-7,9-11,13,15,17-18,25,34H,8,12,14H2,1-2H3,(H,35,42)(H,36,41)/t17?,18-,25+/m1/s1. The summed E-state index contributed by atoms with van der Waals surface area (Å²) in [5.74, 6) is -1.22. The number of hydrogen-bond acceptors (Lipinski definition) is 8. The van der Waals surface area contributed by atoms with Crippen molar-refractivity contribution in [3.05, 3.63) is 66.9 Å². The van der Waals surface area contributed by atoms with Gasteiger partial charge in [-0.25, -0.2) is 14.4 Å². The van der Waals surface area contributed by atoms with Crippen molar-refractivity contribution in [3.8, 4) is 5.75 Å². The fraction of sp³-hybridized carbons (Fsp3) is 0.267. The predicted octanol–water partition coefficient (Wildman–Crippen LogP) is 3.67. The topological polar surface area (TPSA) is 148 Å². The Hall–Kier alpha value is -5.33. The van der Waals surface area contributed by atoms with Crippen LogP contribution in [0.15, 0.2) is 61.3 Å². The van der Waals surface area contributed by atoms with Gasteiger partial charge in [0.15, 0.2) is 11.9 Å². The molecule has 1 saturated heterocycles. The number of Topliss-reactive ketones (excluding diaryl/α,β-unsaturated/α-hetero) is 1. The first kappa shape index (κ1) is 27.8. The molecule has 4 heterocycles. The second-order valence-corrected chi connectivity index (χ2v) is 10.5. The van der Waals surface area contributed by atoms with Crippen molar-refractivity contribution in [1.29, 1.82) is 0 Å². The van der Waals surface area contributed by atoms with Gasteiger partial charge in [0, 0.05) is 34.8 Å². The lowest BCUT2D eigenvalue weighted by molar-refractivity contribution is -0.137. The molecule has 1 unspecified atom stereocenters. The smallest absolute Gasteiger partial charge is 0.265 e. The number of nitrogens with one attached hydrogen (secondary N) is 3. The molecule has 3 amide bonds. The molecule has 2 aliphatic rings. The molecule has 2 aliphatic heterocycles. The van der Waals surface area contributed by atoms with Crippen LogP contribution in [0.5, 0.6) is 5.75 Å². The third kappa shape index (κ3) is 5.48. The Balaban J connectivity index is 1.22. The lowest BCUT2D eigenvalue weighted by Gasteiger charge is -2.27. The van der Waals surface area contributed by atoms with Crippen LogP contribution in [-0.2, 0) is 20.9 Å². The zero-order valence-corrected chi connectivity index (χ0v) is 23.3. The molecule has 220 valence electrons. The number of hydrogen-bond donors (Lipinski definition) is 3. The number of carbonyl (C=O) groups excluding carboxylic acids is 4. The first-order valence-corrected chi connectivity index (χ1v) is 13.7. The maximum absolute atomic E-state index is 14.7. The molecule has 0 bridgehead atoms. The minimum absolute atomic E-state index is 0.171. The van der Waals surface area contributed by atoms with Crippen molar-refractivity contribution in [1.82, 2.24) is 19.4 Å². The lowest BCUT2D eigenvalue weighted by Crippen LogP contribution is -2.44. The normalized spacial score (nSPS) is 19.4. The quantitative estimate of drug-likeness (QED) is 0.278. The van der Waals surface area contributed by atoms with Crippen LogP contribution in [-0.4, -0.2) is 67.8 Å². The van der Waals surface area contributed by atoms with Gasteiger partial charge in [-0.2, -0.15) is 0 Å². The molecule has 4 aromatic rings. The minimum atomic E-state index is -1.39. The Kier molecular flexibility index (Phi) is 7.22. The van der Waals surface area contributed by atoms with Crippen molar-refractivity contribution in [2.24, 2.45) is 0 Å². The van der Waals surface area contributed by atoms with Crippen molar-refractivity contribution < 1.29 is 28.3 Å². The Bertz CT molecular complexity index is 1760. The SMILES string of the molecule is CC(=O)c1cn(CC(=O)N2C[C@H](F)C[C@H]2C(=O)Nc2cccc3c2NC(=O)C(C)O3)c2ccc(Nc3cncnc3)cc12. The van der Waals surface area contributed by atoms with E-state index in [1.807, 2.05) is 0 Å². The van der Waals surface area contributed by atoms with Gasteiger partial charge in [-0.3, -0.25) is 19.2 Å². The molecular weight excluding hydrogens is 557 g/mol. The van der Waals surface area contributed by atoms with Gasteiger partial charge in [0.25, 0.3) is 5.91 Å². The molecule has 0 aliphatic carbocycles. The molecule has 2 aromatic heterocycles. The fourth-order valence-corrected chi connectivity index (χ4v) is 5.41. The highest BCUT2D eigenvalue weighted by Crippen LogP contribution is 2.37. The highest BCUT2D eigenvalue weighted by atomic mass is 19.1. The maximum atomic E-state index is 14.7. The average Bonchev–Trinajstić information content (AvgIpc) is 3.55. The number of anilines is 4. The molecule has 43 heavy (non-hydrogen) atoms. The summed E-state index contributed by atoms with van der Waals surface area (Å²) in [6, 6.07) is 9.22. The zero-order valence-electron chi connectivity index (χ0n) is 23.3. The van der Waals surface area contributed by atoms with Gasteiger partial charge >= 0.3 is 0 Å². The lowest BCUT2D eigenvalue weighted by atomic mass is 10.1. The van der Waals surface area contributed by atoms with Crippen LogP contribution in [0, 0.1) is 0 Å². The number of rotatable bonds is 7. The highest BCUT2D eigenvalue weighted by molar-refractivity contribution is 6.08. The Morgan fingerprint density at radius 1 is 1.14 bits per heavy atom. The van der Waals surface area contributed by atoms with E-state index in [0.29, 0.717) is 39.3 Å². The van der Waals surface area contributed by atoms with E-state index in [1.165, 1.54) is 18.2 Å². The van der Waals surface area contributed by atoms with Crippen LogP contribution in [0.1, 0.15) is 30.6 Å². The van der Waals surface area contributed by atoms with Crippen molar-refractivity contribution in [3.63, 3.8) is 0 Å². The molecule has 2 aromatic carbocycles. The Morgan fingerprint density at radius 3 is 2.70 bits per heavy atom. The number of carbonyl (C=O) groups is 4. The summed E-state index contributed by atoms with van der Waals surface area (Å²) in [5.41, 5.74) is 3.00. The summed E-state index contributed by atoms with van der Waals surface area (Å²) in [5, 5.41) is 9.27. The average molecular weight is 586 g/mol. The van der Waals surface area contributed by atoms with E-state index >= 15 is 0 Å². The number of likely N-dealkylation sites (tertiary alicyclic amines) is 1. The van der Waals surface area contributed by atoms with E-state index in [0.717, 1.165) is 0 Å². The number of amides is 3. The maximum Gasteiger partial charge on any atom is 0.265 e. The van der Waals surface area contributed by atoms with Crippen LogP contribution in [0.3, 0.4) is 0 Å². The number of aromatic nitrogens is 3. The summed E-state index contributed by atoms with van der Waals surface area (Å²) in [6.45, 7) is 2.60. The first-order valence-electron chi connectivity index (χ1n) is 13.7. The summed E-state index contributed by atoms with van der Waals surface area (Å²) in [4.78, 5) is 60.7. The van der Waals surface area contributed by atoms with E-state index in [9.17, 15) is 23.6 Å². The van der Waals surface area contributed by atoms with Crippen molar-refractivity contribution >= 4 is 57.2 Å². The molecule has 1 fully saturated rings. The molecule has 6 rings (SSSR count). The van der Waals surface area contributed by atoms with Crippen molar-refractivity contribution in [2.45, 2.75) is 45.1 Å². The van der Waals surface area contributed by atoms with E-state index in [1.54, 1.807) is 66.5 Å². The number of benzene rings is 2. The second kappa shape index (κ2) is 11.2. The number of ketones is 1. The van der Waals surface area contributed by atoms with Crippen molar-refractivity contribution in [2.75, 3.05) is 22.5 Å². The number of fused-ring (bicyclic) bond motifs is 2. The molecule has 3 atom stereocenters. The van der Waals surface area contributed by atoms with Gasteiger partial charge in [-0.05, 0) is 44.2 Å². The number of alkyl halides is 1. The molecule has 0 radical (unpaired) electrons. The van der Waals surface area contributed by atoms with E-state index in [-0.39, 0.29) is 36.9 Å². The summed E-state index contributed by atoms with van der Waals surface area (Å²) >= 11 is 0. The van der Waals surface area contributed by atoms with Gasteiger partial charge in [-0.1, -0.05) is 6.07 Å². The number of nitrogens with zero attached hydrogens (tertiary/aromatic N) is 4. The summed E-state index contributed by atoms with van der Waals surface area (Å²) < 4.78 is 21.9. The van der Waals surface area contributed by atoms with Gasteiger partial charge in [0.1, 0.15) is 36.5 Å². The van der Waals surface area contributed by atoms with Gasteiger partial charge in [0.05, 0.1) is 30.3 Å². The summed E-state index contributed by atoms with van der Waals surface area (Å²) in [7, 11) is 0. The largest absolute Gasteiger partial charge is 0.479 e. The monoisotopic (exact) mass is 585 g/mol. The van der Waals surface area contributed by atoms with Crippen LogP contribution >= 0.6 is 0 Å². The molecule has 12 nitrogen and oxygen atoms in total. The third-order valence-corrected chi connectivity index (χ3v) is 7.49. The van der Waals surface area contributed by atoms with Gasteiger partial charge in [-0.15, -0.1) is 0 Å². The molecular formula is C30H28FN7O5. The van der Waals surface area contributed by atoms with E-state index in [2.05, 4.69) is 25.9 Å². The number of ether oxygens (including phenoxy) is 1. The molecule has 0 spiro atoms. The van der Waals surface area contributed by atoms with Crippen LogP contribution in [0.25, 0.3) is 10.9 Å². The van der Waals surface area contributed by atoms with Gasteiger partial charge < -0.3 is 30.2 Å². The minimum Gasteiger partial charge on any atom is -0.479 e. The van der Waals surface area contributed by atoms with E-state index in [4.69, 9.17) is 4.74 Å². The molecule has 3 N–H and O–H groups in total. The first-order chi connectivity index (χ1) is 20.7. The fourth-order valence-electron chi connectivity index (χ4n) is 5.41.